The Kier molecular flexibility index (Phi) is 9.08. The molecule has 0 spiro atoms. The minimum atomic E-state index is -0.220. The number of halogens is 1. The maximum absolute atomic E-state index is 12.2. The van der Waals surface area contributed by atoms with E-state index in [9.17, 15) is 4.79 Å². The van der Waals surface area contributed by atoms with Crippen molar-refractivity contribution >= 4 is 23.5 Å². The molecule has 0 atom stereocenters. The summed E-state index contributed by atoms with van der Waals surface area (Å²) in [4.78, 5) is 16.3. The Morgan fingerprint density at radius 3 is 2.17 bits per heavy atom. The molecule has 0 saturated carbocycles. The topological polar surface area (TPSA) is 93.2 Å². The highest BCUT2D eigenvalue weighted by molar-refractivity contribution is 6.33. The van der Waals surface area contributed by atoms with Gasteiger partial charge >= 0.3 is 0 Å². The minimum Gasteiger partial charge on any atom is -0.493 e. The zero-order valence-electron chi connectivity index (χ0n) is 17.5. The molecule has 0 aliphatic carbocycles. The number of nitrogens with zero attached hydrogens (tertiary/aromatic N) is 1. The van der Waals surface area contributed by atoms with Gasteiger partial charge in [0.05, 0.1) is 31.9 Å². The highest BCUT2D eigenvalue weighted by Crippen LogP contribution is 2.38. The summed E-state index contributed by atoms with van der Waals surface area (Å²) in [6.45, 7) is 1.39. The lowest BCUT2D eigenvalue weighted by Crippen LogP contribution is -2.41. The van der Waals surface area contributed by atoms with E-state index in [1.807, 2.05) is 12.1 Å². The fraction of sp³-hybridized carbons (Fsp3) is 0.333. The van der Waals surface area contributed by atoms with Gasteiger partial charge in [-0.2, -0.15) is 0 Å². The fourth-order valence-corrected chi connectivity index (χ4v) is 2.96. The first kappa shape index (κ1) is 23.2. The van der Waals surface area contributed by atoms with Crippen molar-refractivity contribution in [1.29, 1.82) is 0 Å². The van der Waals surface area contributed by atoms with Crippen molar-refractivity contribution < 1.29 is 19.0 Å². The van der Waals surface area contributed by atoms with Gasteiger partial charge in [0.2, 0.25) is 5.75 Å². The van der Waals surface area contributed by atoms with Crippen molar-refractivity contribution in [2.75, 3.05) is 41.5 Å². The Bertz CT molecular complexity index is 864. The van der Waals surface area contributed by atoms with Crippen molar-refractivity contribution in [1.82, 2.24) is 16.0 Å². The number of benzene rings is 2. The van der Waals surface area contributed by atoms with Gasteiger partial charge in [0.15, 0.2) is 17.5 Å². The number of nitrogens with one attached hydrogen (secondary N) is 3. The largest absolute Gasteiger partial charge is 0.493 e. The smallest absolute Gasteiger partial charge is 0.252 e. The molecule has 0 unspecified atom stereocenters. The van der Waals surface area contributed by atoms with Gasteiger partial charge in [-0.3, -0.25) is 9.79 Å². The van der Waals surface area contributed by atoms with E-state index < -0.39 is 0 Å². The van der Waals surface area contributed by atoms with Gasteiger partial charge in [-0.1, -0.05) is 23.7 Å². The van der Waals surface area contributed by atoms with Crippen LogP contribution in [-0.2, 0) is 6.54 Å². The molecule has 2 aromatic rings. The summed E-state index contributed by atoms with van der Waals surface area (Å²) in [5.41, 5.74) is 1.38. The molecule has 0 bridgehead atoms. The highest BCUT2D eigenvalue weighted by Gasteiger charge is 2.13. The van der Waals surface area contributed by atoms with Gasteiger partial charge in [0, 0.05) is 26.7 Å². The number of amides is 1. The molecule has 0 aromatic heterocycles. The Morgan fingerprint density at radius 1 is 0.967 bits per heavy atom. The lowest BCUT2D eigenvalue weighted by atomic mass is 10.2. The standard InChI is InChI=1S/C21H27ClN4O4/c1-23-21(25-10-9-24-20(27)15-7-5-6-8-16(15)22)26-13-14-11-17(28-2)19(30-4)18(12-14)29-3/h5-8,11-12H,9-10,13H2,1-4H3,(H,24,27)(H2,23,25,26). The molecular weight excluding hydrogens is 408 g/mol. The monoisotopic (exact) mass is 434 g/mol. The molecular formula is C21H27ClN4O4. The molecule has 0 fully saturated rings. The quantitative estimate of drug-likeness (QED) is 0.319. The molecule has 1 amide bonds. The number of hydrogen-bond donors (Lipinski definition) is 3. The zero-order valence-corrected chi connectivity index (χ0v) is 18.3. The SMILES string of the molecule is CN=C(NCCNC(=O)c1ccccc1Cl)NCc1cc(OC)c(OC)c(OC)c1. The highest BCUT2D eigenvalue weighted by atomic mass is 35.5. The lowest BCUT2D eigenvalue weighted by molar-refractivity contribution is 0.0954. The Balaban J connectivity index is 1.85. The van der Waals surface area contributed by atoms with E-state index in [1.165, 1.54) is 0 Å². The molecule has 3 N–H and O–H groups in total. The third kappa shape index (κ3) is 6.18. The lowest BCUT2D eigenvalue weighted by Gasteiger charge is -2.16. The van der Waals surface area contributed by atoms with E-state index >= 15 is 0 Å². The fourth-order valence-electron chi connectivity index (χ4n) is 2.74. The van der Waals surface area contributed by atoms with Crippen LogP contribution in [0.5, 0.6) is 17.2 Å². The number of carbonyl (C=O) groups excluding carboxylic acids is 1. The summed E-state index contributed by atoms with van der Waals surface area (Å²) in [6.07, 6.45) is 0. The van der Waals surface area contributed by atoms with Crippen LogP contribution in [0.15, 0.2) is 41.4 Å². The van der Waals surface area contributed by atoms with Crippen LogP contribution < -0.4 is 30.2 Å². The normalized spacial score (nSPS) is 10.9. The predicted octanol–water partition coefficient (Wildman–Crippen LogP) is 2.46. The van der Waals surface area contributed by atoms with Gasteiger partial charge in [0.1, 0.15) is 0 Å². The molecule has 0 aliphatic rings. The summed E-state index contributed by atoms with van der Waals surface area (Å²) in [5.74, 6) is 2.08. The Labute approximate surface area is 181 Å². The first-order valence-electron chi connectivity index (χ1n) is 9.30. The number of hydrogen-bond acceptors (Lipinski definition) is 5. The molecule has 162 valence electrons. The van der Waals surface area contributed by atoms with Crippen molar-refractivity contribution in [3.05, 3.63) is 52.5 Å². The van der Waals surface area contributed by atoms with Crippen molar-refractivity contribution in [3.63, 3.8) is 0 Å². The van der Waals surface area contributed by atoms with E-state index in [0.717, 1.165) is 5.56 Å². The summed E-state index contributed by atoms with van der Waals surface area (Å²) >= 11 is 6.04. The zero-order chi connectivity index (χ0) is 21.9. The molecule has 0 aliphatic heterocycles. The third-order valence-corrected chi connectivity index (χ3v) is 4.56. The van der Waals surface area contributed by atoms with E-state index in [1.54, 1.807) is 52.6 Å². The number of aliphatic imine (C=N–C) groups is 1. The minimum absolute atomic E-state index is 0.220. The molecule has 9 heteroatoms. The Hall–Kier alpha value is -3.13. The maximum Gasteiger partial charge on any atom is 0.252 e. The first-order chi connectivity index (χ1) is 14.5. The molecule has 2 rings (SSSR count). The van der Waals surface area contributed by atoms with Crippen LogP contribution in [0.2, 0.25) is 5.02 Å². The molecule has 0 heterocycles. The second-order valence-electron chi connectivity index (χ2n) is 6.12. The van der Waals surface area contributed by atoms with Gasteiger partial charge in [-0.15, -0.1) is 0 Å². The second-order valence-corrected chi connectivity index (χ2v) is 6.53. The number of methoxy groups -OCH3 is 3. The average molecular weight is 435 g/mol. The van der Waals surface area contributed by atoms with E-state index in [0.29, 0.717) is 53.4 Å². The van der Waals surface area contributed by atoms with Crippen LogP contribution in [-0.4, -0.2) is 53.3 Å². The molecule has 8 nitrogen and oxygen atoms in total. The third-order valence-electron chi connectivity index (χ3n) is 4.23. The average Bonchev–Trinajstić information content (AvgIpc) is 2.77. The number of carbonyl (C=O) groups is 1. The van der Waals surface area contributed by atoms with E-state index in [-0.39, 0.29) is 5.91 Å². The molecule has 0 radical (unpaired) electrons. The van der Waals surface area contributed by atoms with Crippen LogP contribution in [0.4, 0.5) is 0 Å². The summed E-state index contributed by atoms with van der Waals surface area (Å²) in [7, 11) is 6.39. The summed E-state index contributed by atoms with van der Waals surface area (Å²) in [5, 5.41) is 9.59. The van der Waals surface area contributed by atoms with E-state index in [4.69, 9.17) is 25.8 Å². The van der Waals surface area contributed by atoms with Crippen LogP contribution in [0.25, 0.3) is 0 Å². The van der Waals surface area contributed by atoms with Gasteiger partial charge in [-0.25, -0.2) is 0 Å². The van der Waals surface area contributed by atoms with Crippen molar-refractivity contribution in [3.8, 4) is 17.2 Å². The molecule has 30 heavy (non-hydrogen) atoms. The predicted molar refractivity (Wildman–Crippen MR) is 118 cm³/mol. The Morgan fingerprint density at radius 2 is 1.60 bits per heavy atom. The first-order valence-corrected chi connectivity index (χ1v) is 9.68. The van der Waals surface area contributed by atoms with Gasteiger partial charge < -0.3 is 30.2 Å². The van der Waals surface area contributed by atoms with E-state index in [2.05, 4.69) is 20.9 Å². The van der Waals surface area contributed by atoms with Crippen molar-refractivity contribution in [2.24, 2.45) is 4.99 Å². The maximum atomic E-state index is 12.2. The summed E-state index contributed by atoms with van der Waals surface area (Å²) < 4.78 is 16.1. The van der Waals surface area contributed by atoms with Crippen molar-refractivity contribution in [2.45, 2.75) is 6.54 Å². The van der Waals surface area contributed by atoms with Crippen LogP contribution in [0.3, 0.4) is 0 Å². The number of ether oxygens (including phenoxy) is 3. The van der Waals surface area contributed by atoms with Crippen LogP contribution >= 0.6 is 11.6 Å². The van der Waals surface area contributed by atoms with Crippen LogP contribution in [0, 0.1) is 0 Å². The number of guanidine groups is 1. The molecule has 0 saturated heterocycles. The van der Waals surface area contributed by atoms with Gasteiger partial charge in [-0.05, 0) is 29.8 Å². The second kappa shape index (κ2) is 11.8. The van der Waals surface area contributed by atoms with Gasteiger partial charge in [0.25, 0.3) is 5.91 Å². The number of rotatable bonds is 9. The summed E-state index contributed by atoms with van der Waals surface area (Å²) in [6, 6.07) is 10.7. The molecule has 2 aromatic carbocycles. The van der Waals surface area contributed by atoms with Crippen LogP contribution in [0.1, 0.15) is 15.9 Å².